The molecule has 0 bridgehead atoms. The van der Waals surface area contributed by atoms with E-state index in [1.807, 2.05) is 20.8 Å². The van der Waals surface area contributed by atoms with Crippen molar-refractivity contribution >= 4 is 59.6 Å². The molecule has 1 rings (SSSR count). The fraction of sp³-hybridized carbons (Fsp3) is 0.800. The molecule has 2 N–H and O–H groups in total. The van der Waals surface area contributed by atoms with Crippen molar-refractivity contribution in [1.29, 1.82) is 0 Å². The number of rotatable bonds is 3. The van der Waals surface area contributed by atoms with Crippen LogP contribution in [0.2, 0.25) is 0 Å². The Hall–Kier alpha value is 0.380. The van der Waals surface area contributed by atoms with Crippen LogP contribution in [0.3, 0.4) is 0 Å². The summed E-state index contributed by atoms with van der Waals surface area (Å²) < 4.78 is -0.354. The minimum Gasteiger partial charge on any atom is -0.273 e. The van der Waals surface area contributed by atoms with Gasteiger partial charge >= 0.3 is 0 Å². The average molecular weight is 435 g/mol. The molecule has 1 saturated carbocycles. The number of alkyl halides is 3. The molecule has 1 aliphatic rings. The van der Waals surface area contributed by atoms with Gasteiger partial charge in [-0.3, -0.25) is 20.4 Å². The highest BCUT2D eigenvalue weighted by molar-refractivity contribution is 9.25. The SMILES string of the molecule is CC(C)[C@H](Br)C(=O)NNC(=O)[C@@]1(C)CC1(Br)Br. The van der Waals surface area contributed by atoms with Crippen LogP contribution in [-0.2, 0) is 9.59 Å². The summed E-state index contributed by atoms with van der Waals surface area (Å²) in [4.78, 5) is 23.1. The number of hydrazine groups is 1. The predicted molar refractivity (Wildman–Crippen MR) is 77.1 cm³/mol. The molecule has 7 heteroatoms. The summed E-state index contributed by atoms with van der Waals surface area (Å²) in [6.07, 6.45) is 0.684. The molecule has 17 heavy (non-hydrogen) atoms. The van der Waals surface area contributed by atoms with Crippen molar-refractivity contribution in [3.63, 3.8) is 0 Å². The zero-order chi connectivity index (χ0) is 13.4. The molecule has 0 aliphatic heterocycles. The van der Waals surface area contributed by atoms with Crippen LogP contribution in [0, 0.1) is 11.3 Å². The summed E-state index contributed by atoms with van der Waals surface area (Å²) in [6.45, 7) is 5.67. The van der Waals surface area contributed by atoms with Crippen LogP contribution in [0.25, 0.3) is 0 Å². The lowest BCUT2D eigenvalue weighted by molar-refractivity contribution is -0.131. The maximum absolute atomic E-state index is 11.8. The van der Waals surface area contributed by atoms with Gasteiger partial charge in [0.1, 0.15) is 0 Å². The van der Waals surface area contributed by atoms with Crippen molar-refractivity contribution in [2.24, 2.45) is 11.3 Å². The van der Waals surface area contributed by atoms with E-state index < -0.39 is 5.41 Å². The zero-order valence-electron chi connectivity index (χ0n) is 9.81. The van der Waals surface area contributed by atoms with Crippen molar-refractivity contribution in [1.82, 2.24) is 10.9 Å². The highest BCUT2D eigenvalue weighted by Gasteiger charge is 2.66. The monoisotopic (exact) mass is 432 g/mol. The van der Waals surface area contributed by atoms with Crippen molar-refractivity contribution in [2.45, 2.75) is 35.3 Å². The molecule has 2 amide bonds. The van der Waals surface area contributed by atoms with E-state index in [2.05, 4.69) is 58.6 Å². The van der Waals surface area contributed by atoms with E-state index in [4.69, 9.17) is 0 Å². The second kappa shape index (κ2) is 5.17. The Morgan fingerprint density at radius 2 is 1.71 bits per heavy atom. The van der Waals surface area contributed by atoms with Crippen molar-refractivity contribution in [3.05, 3.63) is 0 Å². The van der Waals surface area contributed by atoms with E-state index >= 15 is 0 Å². The Morgan fingerprint density at radius 1 is 1.24 bits per heavy atom. The first-order chi connectivity index (χ1) is 7.62. The number of nitrogens with one attached hydrogen (secondary N) is 2. The van der Waals surface area contributed by atoms with Gasteiger partial charge in [-0.2, -0.15) is 0 Å². The van der Waals surface area contributed by atoms with Crippen LogP contribution in [0.5, 0.6) is 0 Å². The number of halogens is 3. The molecule has 4 nitrogen and oxygen atoms in total. The highest BCUT2D eigenvalue weighted by atomic mass is 79.9. The molecule has 0 aromatic rings. The van der Waals surface area contributed by atoms with Gasteiger partial charge in [0, 0.05) is 0 Å². The molecular weight excluding hydrogens is 420 g/mol. The van der Waals surface area contributed by atoms with Gasteiger partial charge in [-0.15, -0.1) is 0 Å². The van der Waals surface area contributed by atoms with Crippen molar-refractivity contribution < 1.29 is 9.59 Å². The first-order valence-corrected chi connectivity index (χ1v) is 7.74. The standard InChI is InChI=1S/C10H15Br3N2O2/c1-5(2)6(11)7(16)14-15-8(17)9(3)4-10(9,12)13/h5-6H,4H2,1-3H3,(H,14,16)(H,15,17)/t6-,9+/m0/s1. The maximum Gasteiger partial charge on any atom is 0.252 e. The molecule has 1 fully saturated rings. The molecule has 0 spiro atoms. The van der Waals surface area contributed by atoms with Gasteiger partial charge in [0.15, 0.2) is 0 Å². The summed E-state index contributed by atoms with van der Waals surface area (Å²) in [6, 6.07) is 0. The number of hydrogen-bond acceptors (Lipinski definition) is 2. The fourth-order valence-corrected chi connectivity index (χ4v) is 2.87. The van der Waals surface area contributed by atoms with Gasteiger partial charge in [0.05, 0.1) is 13.5 Å². The summed E-state index contributed by atoms with van der Waals surface area (Å²) in [7, 11) is 0. The van der Waals surface area contributed by atoms with Crippen LogP contribution in [0.15, 0.2) is 0 Å². The Kier molecular flexibility index (Phi) is 4.69. The second-order valence-corrected chi connectivity index (χ2v) is 9.56. The lowest BCUT2D eigenvalue weighted by Crippen LogP contribution is -2.49. The van der Waals surface area contributed by atoms with Gasteiger partial charge in [-0.1, -0.05) is 61.6 Å². The Labute approximate surface area is 126 Å². The molecule has 0 aromatic heterocycles. The molecule has 0 heterocycles. The predicted octanol–water partition coefficient (Wildman–Crippen LogP) is 2.45. The van der Waals surface area contributed by atoms with Gasteiger partial charge in [-0.25, -0.2) is 0 Å². The molecule has 0 saturated heterocycles. The van der Waals surface area contributed by atoms with E-state index in [0.29, 0.717) is 6.42 Å². The lowest BCUT2D eigenvalue weighted by atomic mass is 10.1. The topological polar surface area (TPSA) is 58.2 Å². The number of carbonyl (C=O) groups is 2. The van der Waals surface area contributed by atoms with Gasteiger partial charge in [0.25, 0.3) is 5.91 Å². The third-order valence-corrected chi connectivity index (χ3v) is 6.68. The largest absolute Gasteiger partial charge is 0.273 e. The summed E-state index contributed by atoms with van der Waals surface area (Å²) >= 11 is 10.1. The molecule has 0 aromatic carbocycles. The van der Waals surface area contributed by atoms with E-state index in [1.54, 1.807) is 0 Å². The summed E-state index contributed by atoms with van der Waals surface area (Å²) in [5, 5.41) is 0. The number of carbonyl (C=O) groups excluding carboxylic acids is 2. The second-order valence-electron chi connectivity index (χ2n) is 4.80. The van der Waals surface area contributed by atoms with Crippen LogP contribution >= 0.6 is 47.8 Å². The molecular formula is C10H15Br3N2O2. The normalized spacial score (nSPS) is 27.5. The smallest absolute Gasteiger partial charge is 0.252 e. The Morgan fingerprint density at radius 3 is 2.06 bits per heavy atom. The Bertz CT molecular complexity index is 346. The van der Waals surface area contributed by atoms with Gasteiger partial charge in [0.2, 0.25) is 5.91 Å². The first-order valence-electron chi connectivity index (χ1n) is 5.24. The third kappa shape index (κ3) is 3.23. The summed E-state index contributed by atoms with van der Waals surface area (Å²) in [5.41, 5.74) is 4.34. The van der Waals surface area contributed by atoms with Crippen molar-refractivity contribution in [3.8, 4) is 0 Å². The van der Waals surface area contributed by atoms with E-state index in [1.165, 1.54) is 0 Å². The van der Waals surface area contributed by atoms with E-state index in [9.17, 15) is 9.59 Å². The molecule has 0 radical (unpaired) electrons. The highest BCUT2D eigenvalue weighted by Crippen LogP contribution is 2.66. The van der Waals surface area contributed by atoms with E-state index in [-0.39, 0.29) is 25.8 Å². The number of hydrogen-bond donors (Lipinski definition) is 2. The van der Waals surface area contributed by atoms with Gasteiger partial charge in [-0.05, 0) is 19.3 Å². The average Bonchev–Trinajstić information content (AvgIpc) is 2.74. The molecule has 2 atom stereocenters. The number of amides is 2. The van der Waals surface area contributed by atoms with Crippen LogP contribution in [0.4, 0.5) is 0 Å². The van der Waals surface area contributed by atoms with Crippen molar-refractivity contribution in [2.75, 3.05) is 0 Å². The van der Waals surface area contributed by atoms with Gasteiger partial charge < -0.3 is 0 Å². The Balaban J connectivity index is 2.43. The van der Waals surface area contributed by atoms with E-state index in [0.717, 1.165) is 0 Å². The lowest BCUT2D eigenvalue weighted by Gasteiger charge is -2.17. The van der Waals surface area contributed by atoms with Crippen LogP contribution in [-0.4, -0.2) is 19.9 Å². The van der Waals surface area contributed by atoms with Crippen LogP contribution < -0.4 is 10.9 Å². The zero-order valence-corrected chi connectivity index (χ0v) is 14.6. The molecule has 1 aliphatic carbocycles. The summed E-state index contributed by atoms with van der Waals surface area (Å²) in [5.74, 6) is -0.287. The minimum atomic E-state index is -0.528. The minimum absolute atomic E-state index is 0.162. The fourth-order valence-electron chi connectivity index (χ4n) is 1.27. The maximum atomic E-state index is 11.8. The quantitative estimate of drug-likeness (QED) is 0.529. The first kappa shape index (κ1) is 15.4. The molecule has 0 unspecified atom stereocenters. The van der Waals surface area contributed by atoms with Crippen LogP contribution in [0.1, 0.15) is 27.2 Å². The third-order valence-electron chi connectivity index (χ3n) is 2.89. The molecule has 98 valence electrons.